The van der Waals surface area contributed by atoms with E-state index in [2.05, 4.69) is 10.2 Å². The number of hydrogen-bond donors (Lipinski definition) is 1. The van der Waals surface area contributed by atoms with Crippen molar-refractivity contribution >= 4 is 11.9 Å². The number of nitrogens with one attached hydrogen (secondary N) is 1. The molecular formula is C16H28N2O3. The van der Waals surface area contributed by atoms with Crippen LogP contribution in [0.5, 0.6) is 0 Å². The Morgan fingerprint density at radius 1 is 1.10 bits per heavy atom. The Morgan fingerprint density at radius 3 is 2.48 bits per heavy atom. The highest BCUT2D eigenvalue weighted by atomic mass is 16.5. The first-order valence-corrected chi connectivity index (χ1v) is 8.28. The third kappa shape index (κ3) is 5.30. The van der Waals surface area contributed by atoms with E-state index < -0.39 is 0 Å². The van der Waals surface area contributed by atoms with Gasteiger partial charge >= 0.3 is 5.97 Å². The summed E-state index contributed by atoms with van der Waals surface area (Å²) in [6.45, 7) is 1.94. The van der Waals surface area contributed by atoms with Crippen LogP contribution in [0.2, 0.25) is 0 Å². The van der Waals surface area contributed by atoms with Gasteiger partial charge in [-0.1, -0.05) is 25.7 Å². The monoisotopic (exact) mass is 296 g/mol. The second-order valence-corrected chi connectivity index (χ2v) is 6.35. The molecule has 21 heavy (non-hydrogen) atoms. The van der Waals surface area contributed by atoms with Gasteiger partial charge in [-0.25, -0.2) is 0 Å². The van der Waals surface area contributed by atoms with Gasteiger partial charge in [0, 0.05) is 12.6 Å². The summed E-state index contributed by atoms with van der Waals surface area (Å²) in [5, 5.41) is 3.17. The Balaban J connectivity index is 1.75. The number of carbonyl (C=O) groups is 2. The van der Waals surface area contributed by atoms with Gasteiger partial charge in [-0.05, 0) is 32.2 Å². The molecule has 5 nitrogen and oxygen atoms in total. The highest BCUT2D eigenvalue weighted by Gasteiger charge is 2.27. The molecule has 0 aromatic carbocycles. The highest BCUT2D eigenvalue weighted by molar-refractivity contribution is 5.78. The van der Waals surface area contributed by atoms with Crippen LogP contribution in [0.15, 0.2) is 0 Å². The third-order valence-corrected chi connectivity index (χ3v) is 4.63. The summed E-state index contributed by atoms with van der Waals surface area (Å²) in [6, 6.07) is 0.348. The Kier molecular flexibility index (Phi) is 6.49. The molecule has 0 radical (unpaired) electrons. The maximum Gasteiger partial charge on any atom is 0.309 e. The first-order valence-electron chi connectivity index (χ1n) is 8.28. The molecule has 0 aromatic heterocycles. The summed E-state index contributed by atoms with van der Waals surface area (Å²) in [5.41, 5.74) is 0. The van der Waals surface area contributed by atoms with Gasteiger partial charge in [0.15, 0.2) is 0 Å². The fraction of sp³-hybridized carbons (Fsp3) is 0.875. The van der Waals surface area contributed by atoms with Crippen LogP contribution in [0, 0.1) is 5.92 Å². The van der Waals surface area contributed by atoms with Crippen LogP contribution >= 0.6 is 0 Å². The van der Waals surface area contributed by atoms with Gasteiger partial charge in [-0.2, -0.15) is 0 Å². The normalized spacial score (nSPS) is 25.1. The first kappa shape index (κ1) is 16.3. The number of likely N-dealkylation sites (tertiary alicyclic amines) is 1. The topological polar surface area (TPSA) is 58.6 Å². The molecule has 1 unspecified atom stereocenters. The maximum atomic E-state index is 12.2. The number of ether oxygens (including phenoxy) is 1. The van der Waals surface area contributed by atoms with Crippen molar-refractivity contribution in [1.82, 2.24) is 10.2 Å². The molecular weight excluding hydrogens is 268 g/mol. The molecule has 0 spiro atoms. The van der Waals surface area contributed by atoms with E-state index in [0.717, 1.165) is 32.2 Å². The lowest BCUT2D eigenvalue weighted by Gasteiger charge is -2.31. The van der Waals surface area contributed by atoms with Crippen LogP contribution in [0.3, 0.4) is 0 Å². The molecule has 1 atom stereocenters. The number of esters is 1. The van der Waals surface area contributed by atoms with Crippen LogP contribution < -0.4 is 5.32 Å². The number of nitrogens with zero attached hydrogens (tertiary/aromatic N) is 1. The molecule has 1 heterocycles. The zero-order valence-corrected chi connectivity index (χ0v) is 13.1. The van der Waals surface area contributed by atoms with Crippen LogP contribution in [0.1, 0.15) is 51.4 Å². The standard InChI is InChI=1S/C16H28N2O3/c1-21-16(20)13-7-6-10-18(11-13)12-15(19)17-14-8-4-2-3-5-9-14/h13-14H,2-12H2,1H3,(H,17,19). The molecule has 2 fully saturated rings. The van der Waals surface area contributed by atoms with Crippen LogP contribution in [0.25, 0.3) is 0 Å². The summed E-state index contributed by atoms with van der Waals surface area (Å²) < 4.78 is 4.81. The van der Waals surface area contributed by atoms with E-state index in [9.17, 15) is 9.59 Å². The number of carbonyl (C=O) groups excluding carboxylic acids is 2. The fourth-order valence-electron chi connectivity index (χ4n) is 3.46. The molecule has 5 heteroatoms. The first-order chi connectivity index (χ1) is 10.2. The average Bonchev–Trinajstić information content (AvgIpc) is 2.75. The maximum absolute atomic E-state index is 12.2. The highest BCUT2D eigenvalue weighted by Crippen LogP contribution is 2.19. The van der Waals surface area contributed by atoms with Gasteiger partial charge < -0.3 is 10.1 Å². The molecule has 120 valence electrons. The molecule has 0 bridgehead atoms. The van der Waals surface area contributed by atoms with Crippen molar-refractivity contribution in [2.75, 3.05) is 26.7 Å². The quantitative estimate of drug-likeness (QED) is 0.634. The molecule has 1 N–H and O–H groups in total. The van der Waals surface area contributed by atoms with E-state index >= 15 is 0 Å². The summed E-state index contributed by atoms with van der Waals surface area (Å²) in [4.78, 5) is 25.9. The largest absolute Gasteiger partial charge is 0.469 e. The second kappa shape index (κ2) is 8.37. The summed E-state index contributed by atoms with van der Waals surface area (Å²) in [5.74, 6) is -0.120. The Labute approximate surface area is 127 Å². The Hall–Kier alpha value is -1.10. The van der Waals surface area contributed by atoms with E-state index in [-0.39, 0.29) is 17.8 Å². The Bertz CT molecular complexity index is 351. The minimum absolute atomic E-state index is 0.0746. The molecule has 2 aliphatic rings. The predicted octanol–water partition coefficient (Wildman–Crippen LogP) is 1.71. The van der Waals surface area contributed by atoms with Crippen molar-refractivity contribution in [3.63, 3.8) is 0 Å². The van der Waals surface area contributed by atoms with Gasteiger partial charge in [0.25, 0.3) is 0 Å². The lowest BCUT2D eigenvalue weighted by Crippen LogP contribution is -2.46. The van der Waals surface area contributed by atoms with Crippen molar-refractivity contribution in [2.45, 2.75) is 57.4 Å². The minimum atomic E-state index is -0.149. The van der Waals surface area contributed by atoms with Crippen LogP contribution in [-0.2, 0) is 14.3 Å². The number of piperidine rings is 1. The number of hydrogen-bond acceptors (Lipinski definition) is 4. The summed E-state index contributed by atoms with van der Waals surface area (Å²) >= 11 is 0. The summed E-state index contributed by atoms with van der Waals surface area (Å²) in [6.07, 6.45) is 9.06. The lowest BCUT2D eigenvalue weighted by atomic mass is 9.98. The smallest absolute Gasteiger partial charge is 0.309 e. The average molecular weight is 296 g/mol. The molecule has 1 saturated carbocycles. The van der Waals surface area contributed by atoms with Gasteiger partial charge in [-0.3, -0.25) is 14.5 Å². The lowest BCUT2D eigenvalue weighted by molar-refractivity contribution is -0.147. The zero-order chi connectivity index (χ0) is 15.1. The number of amides is 1. The van der Waals surface area contributed by atoms with Crippen LogP contribution in [0.4, 0.5) is 0 Å². The molecule has 1 amide bonds. The van der Waals surface area contributed by atoms with E-state index in [1.807, 2.05) is 0 Å². The predicted molar refractivity (Wildman–Crippen MR) is 80.8 cm³/mol. The number of rotatable bonds is 4. The molecule has 2 rings (SSSR count). The molecule has 0 aromatic rings. The summed E-state index contributed by atoms with van der Waals surface area (Å²) in [7, 11) is 1.43. The van der Waals surface area contributed by atoms with Crippen molar-refractivity contribution < 1.29 is 14.3 Å². The van der Waals surface area contributed by atoms with Crippen molar-refractivity contribution in [3.8, 4) is 0 Å². The van der Waals surface area contributed by atoms with Gasteiger partial charge in [0.2, 0.25) is 5.91 Å². The van der Waals surface area contributed by atoms with Gasteiger partial charge in [-0.15, -0.1) is 0 Å². The number of methoxy groups -OCH3 is 1. The molecule has 1 aliphatic carbocycles. The van der Waals surface area contributed by atoms with E-state index in [0.29, 0.717) is 19.1 Å². The van der Waals surface area contributed by atoms with Gasteiger partial charge in [0.05, 0.1) is 19.6 Å². The van der Waals surface area contributed by atoms with Crippen molar-refractivity contribution in [2.24, 2.45) is 5.92 Å². The Morgan fingerprint density at radius 2 is 1.81 bits per heavy atom. The van der Waals surface area contributed by atoms with Crippen LogP contribution in [-0.4, -0.2) is 49.6 Å². The van der Waals surface area contributed by atoms with E-state index in [1.165, 1.54) is 32.8 Å². The molecule has 1 aliphatic heterocycles. The van der Waals surface area contributed by atoms with E-state index in [4.69, 9.17) is 4.74 Å². The van der Waals surface area contributed by atoms with Crippen molar-refractivity contribution in [3.05, 3.63) is 0 Å². The zero-order valence-electron chi connectivity index (χ0n) is 13.1. The van der Waals surface area contributed by atoms with E-state index in [1.54, 1.807) is 0 Å². The third-order valence-electron chi connectivity index (χ3n) is 4.63. The van der Waals surface area contributed by atoms with Crippen molar-refractivity contribution in [1.29, 1.82) is 0 Å². The SMILES string of the molecule is COC(=O)C1CCCN(CC(=O)NC2CCCCCC2)C1. The van der Waals surface area contributed by atoms with Gasteiger partial charge in [0.1, 0.15) is 0 Å². The molecule has 1 saturated heterocycles. The minimum Gasteiger partial charge on any atom is -0.469 e. The second-order valence-electron chi connectivity index (χ2n) is 6.35. The fourth-order valence-corrected chi connectivity index (χ4v) is 3.46.